The van der Waals surface area contributed by atoms with Crippen molar-refractivity contribution in [2.24, 2.45) is 17.6 Å². The van der Waals surface area contributed by atoms with Gasteiger partial charge in [-0.1, -0.05) is 19.8 Å². The molecule has 0 aromatic heterocycles. The lowest BCUT2D eigenvalue weighted by atomic mass is 9.80. The second kappa shape index (κ2) is 4.63. The van der Waals surface area contributed by atoms with Crippen LogP contribution in [0.5, 0.6) is 0 Å². The molecule has 2 aliphatic carbocycles. The Morgan fingerprint density at radius 3 is 2.57 bits per heavy atom. The topological polar surface area (TPSA) is 38.0 Å². The predicted octanol–water partition coefficient (Wildman–Crippen LogP) is 1.89. The van der Waals surface area contributed by atoms with E-state index >= 15 is 0 Å². The highest BCUT2D eigenvalue weighted by atomic mass is 14.9. The van der Waals surface area contributed by atoms with E-state index in [1.807, 2.05) is 0 Å². The smallest absolute Gasteiger partial charge is 0.00792 e. The van der Waals surface area contributed by atoms with Crippen molar-refractivity contribution in [1.29, 1.82) is 0 Å². The predicted molar refractivity (Wildman–Crippen MR) is 60.1 cm³/mol. The molecule has 0 saturated heterocycles. The molecule has 0 aromatic rings. The van der Waals surface area contributed by atoms with Gasteiger partial charge >= 0.3 is 0 Å². The first-order chi connectivity index (χ1) is 6.75. The van der Waals surface area contributed by atoms with Gasteiger partial charge in [-0.05, 0) is 44.1 Å². The van der Waals surface area contributed by atoms with Crippen molar-refractivity contribution in [3.63, 3.8) is 0 Å². The summed E-state index contributed by atoms with van der Waals surface area (Å²) < 4.78 is 0. The summed E-state index contributed by atoms with van der Waals surface area (Å²) in [5.41, 5.74) is 6.11. The van der Waals surface area contributed by atoms with Crippen LogP contribution in [0.15, 0.2) is 0 Å². The molecule has 14 heavy (non-hydrogen) atoms. The van der Waals surface area contributed by atoms with Gasteiger partial charge in [0.25, 0.3) is 0 Å². The molecule has 0 amide bonds. The average molecular weight is 196 g/mol. The molecular formula is C12H24N2. The van der Waals surface area contributed by atoms with Gasteiger partial charge in [0.2, 0.25) is 0 Å². The third-order valence-corrected chi connectivity index (χ3v) is 4.01. The fourth-order valence-electron chi connectivity index (χ4n) is 2.88. The monoisotopic (exact) mass is 196 g/mol. The summed E-state index contributed by atoms with van der Waals surface area (Å²) in [5, 5.41) is 3.67. The Hall–Kier alpha value is -0.0800. The van der Waals surface area contributed by atoms with E-state index in [9.17, 15) is 0 Å². The van der Waals surface area contributed by atoms with Crippen LogP contribution in [0.3, 0.4) is 0 Å². The van der Waals surface area contributed by atoms with Crippen molar-refractivity contribution >= 4 is 0 Å². The van der Waals surface area contributed by atoms with E-state index < -0.39 is 0 Å². The molecule has 2 heteroatoms. The SMILES string of the molecule is CC1CC(NCC2CCCCC2N)C1. The highest BCUT2D eigenvalue weighted by Gasteiger charge is 2.27. The molecule has 0 bridgehead atoms. The van der Waals surface area contributed by atoms with Crippen molar-refractivity contribution in [3.05, 3.63) is 0 Å². The summed E-state index contributed by atoms with van der Waals surface area (Å²) in [6.45, 7) is 3.50. The van der Waals surface area contributed by atoms with E-state index in [1.165, 1.54) is 45.1 Å². The fraction of sp³-hybridized carbons (Fsp3) is 1.00. The molecule has 2 nitrogen and oxygen atoms in total. The van der Waals surface area contributed by atoms with Gasteiger partial charge in [-0.15, -0.1) is 0 Å². The van der Waals surface area contributed by atoms with Gasteiger partial charge in [0.1, 0.15) is 0 Å². The summed E-state index contributed by atoms with van der Waals surface area (Å²) >= 11 is 0. The van der Waals surface area contributed by atoms with Gasteiger partial charge in [0, 0.05) is 12.1 Å². The number of hydrogen-bond acceptors (Lipinski definition) is 2. The maximum atomic E-state index is 6.11. The molecule has 0 heterocycles. The Morgan fingerprint density at radius 1 is 1.21 bits per heavy atom. The third-order valence-electron chi connectivity index (χ3n) is 4.01. The third kappa shape index (κ3) is 2.48. The lowest BCUT2D eigenvalue weighted by Gasteiger charge is -2.36. The Bertz CT molecular complexity index is 175. The molecule has 3 N–H and O–H groups in total. The van der Waals surface area contributed by atoms with Gasteiger partial charge in [-0.2, -0.15) is 0 Å². The van der Waals surface area contributed by atoms with Gasteiger partial charge in [-0.25, -0.2) is 0 Å². The molecule has 0 spiro atoms. The van der Waals surface area contributed by atoms with Crippen LogP contribution in [-0.2, 0) is 0 Å². The van der Waals surface area contributed by atoms with Crippen LogP contribution in [0.25, 0.3) is 0 Å². The Morgan fingerprint density at radius 2 is 1.93 bits per heavy atom. The lowest BCUT2D eigenvalue weighted by Crippen LogP contribution is -2.46. The second-order valence-electron chi connectivity index (χ2n) is 5.39. The van der Waals surface area contributed by atoms with E-state index in [-0.39, 0.29) is 0 Å². The second-order valence-corrected chi connectivity index (χ2v) is 5.39. The maximum Gasteiger partial charge on any atom is 0.00792 e. The van der Waals surface area contributed by atoms with E-state index in [4.69, 9.17) is 5.73 Å². The maximum absolute atomic E-state index is 6.11. The molecule has 2 unspecified atom stereocenters. The zero-order valence-electron chi connectivity index (χ0n) is 9.34. The molecule has 0 aliphatic heterocycles. The molecule has 2 saturated carbocycles. The fourth-order valence-corrected chi connectivity index (χ4v) is 2.88. The van der Waals surface area contributed by atoms with Crippen molar-refractivity contribution in [2.45, 2.75) is 57.5 Å². The standard InChI is InChI=1S/C12H24N2/c1-9-6-11(7-9)14-8-10-4-2-3-5-12(10)13/h9-12,14H,2-8,13H2,1H3. The Kier molecular flexibility index (Phi) is 3.45. The quantitative estimate of drug-likeness (QED) is 0.723. The van der Waals surface area contributed by atoms with Gasteiger partial charge in [0.05, 0.1) is 0 Å². The van der Waals surface area contributed by atoms with Crippen molar-refractivity contribution in [2.75, 3.05) is 6.54 Å². The Labute approximate surface area is 87.6 Å². The molecule has 2 rings (SSSR count). The number of nitrogens with one attached hydrogen (secondary N) is 1. The zero-order chi connectivity index (χ0) is 9.97. The molecule has 82 valence electrons. The first-order valence-electron chi connectivity index (χ1n) is 6.24. The van der Waals surface area contributed by atoms with Crippen LogP contribution in [-0.4, -0.2) is 18.6 Å². The Balaban J connectivity index is 1.64. The van der Waals surface area contributed by atoms with Gasteiger partial charge in [0.15, 0.2) is 0 Å². The van der Waals surface area contributed by atoms with Crippen LogP contribution in [0.1, 0.15) is 45.4 Å². The average Bonchev–Trinajstić information content (AvgIpc) is 2.13. The molecule has 2 aliphatic rings. The molecule has 0 aromatic carbocycles. The number of hydrogen-bond donors (Lipinski definition) is 2. The minimum Gasteiger partial charge on any atom is -0.327 e. The van der Waals surface area contributed by atoms with Crippen LogP contribution in [0.4, 0.5) is 0 Å². The van der Waals surface area contributed by atoms with Crippen LogP contribution >= 0.6 is 0 Å². The van der Waals surface area contributed by atoms with Crippen LogP contribution in [0, 0.1) is 11.8 Å². The first-order valence-corrected chi connectivity index (χ1v) is 6.24. The van der Waals surface area contributed by atoms with Crippen molar-refractivity contribution < 1.29 is 0 Å². The summed E-state index contributed by atoms with van der Waals surface area (Å²) in [6.07, 6.45) is 8.08. The molecule has 2 atom stereocenters. The summed E-state index contributed by atoms with van der Waals surface area (Å²) in [5.74, 6) is 1.70. The van der Waals surface area contributed by atoms with Gasteiger partial charge in [-0.3, -0.25) is 0 Å². The first kappa shape index (κ1) is 10.4. The zero-order valence-corrected chi connectivity index (χ0v) is 9.34. The van der Waals surface area contributed by atoms with E-state index in [2.05, 4.69) is 12.2 Å². The highest BCUT2D eigenvalue weighted by molar-refractivity contribution is 4.85. The highest BCUT2D eigenvalue weighted by Crippen LogP contribution is 2.27. The van der Waals surface area contributed by atoms with Crippen LogP contribution in [0.2, 0.25) is 0 Å². The largest absolute Gasteiger partial charge is 0.327 e. The molecular weight excluding hydrogens is 172 g/mol. The minimum atomic E-state index is 0.466. The summed E-state index contributed by atoms with van der Waals surface area (Å²) in [4.78, 5) is 0. The van der Waals surface area contributed by atoms with Crippen LogP contribution < -0.4 is 11.1 Å². The van der Waals surface area contributed by atoms with E-state index in [0.717, 1.165) is 17.9 Å². The van der Waals surface area contributed by atoms with Gasteiger partial charge < -0.3 is 11.1 Å². The van der Waals surface area contributed by atoms with E-state index in [1.54, 1.807) is 0 Å². The minimum absolute atomic E-state index is 0.466. The molecule has 0 radical (unpaired) electrons. The molecule has 2 fully saturated rings. The summed E-state index contributed by atoms with van der Waals surface area (Å²) in [7, 11) is 0. The number of rotatable bonds is 3. The number of nitrogens with two attached hydrogens (primary N) is 1. The normalized spacial score (nSPS) is 43.3. The van der Waals surface area contributed by atoms with E-state index in [0.29, 0.717) is 6.04 Å². The lowest BCUT2D eigenvalue weighted by molar-refractivity contribution is 0.212. The van der Waals surface area contributed by atoms with Crippen molar-refractivity contribution in [3.8, 4) is 0 Å². The van der Waals surface area contributed by atoms with Crippen molar-refractivity contribution in [1.82, 2.24) is 5.32 Å². The summed E-state index contributed by atoms with van der Waals surface area (Å²) in [6, 6.07) is 1.27.